The first-order valence-electron chi connectivity index (χ1n) is 3.77. The number of ether oxygens (including phenoxy) is 1. The van der Waals surface area contributed by atoms with Crippen molar-refractivity contribution >= 4 is 33.1 Å². The Bertz CT molecular complexity index is 327. The molecule has 0 heterocycles. The number of nitrogens with two attached hydrogens (primary N) is 1. The van der Waals surface area contributed by atoms with Crippen LogP contribution in [0.2, 0.25) is 0 Å². The molecule has 0 aliphatic carbocycles. The molecule has 0 bridgehead atoms. The van der Waals surface area contributed by atoms with E-state index in [2.05, 4.69) is 15.9 Å². The fourth-order valence-electron chi connectivity index (χ4n) is 0.861. The van der Waals surface area contributed by atoms with Gasteiger partial charge >= 0.3 is 0 Å². The van der Waals surface area contributed by atoms with Gasteiger partial charge in [-0.3, -0.25) is 0 Å². The summed E-state index contributed by atoms with van der Waals surface area (Å²) in [4.78, 5) is 0.362. The normalized spacial score (nSPS) is 9.69. The molecular weight excluding hydrogens is 250 g/mol. The van der Waals surface area contributed by atoms with Crippen LogP contribution in [-0.4, -0.2) is 11.6 Å². The molecule has 1 aromatic rings. The van der Waals surface area contributed by atoms with Gasteiger partial charge in [0.1, 0.15) is 17.3 Å². The second-order valence-electron chi connectivity index (χ2n) is 2.67. The molecule has 0 atom stereocenters. The first kappa shape index (κ1) is 10.5. The van der Waals surface area contributed by atoms with Crippen molar-refractivity contribution in [3.8, 4) is 5.75 Å². The smallest absolute Gasteiger partial charge is 0.138 e. The molecule has 0 amide bonds. The summed E-state index contributed by atoms with van der Waals surface area (Å²) in [6.07, 6.45) is 0. The van der Waals surface area contributed by atoms with Gasteiger partial charge in [-0.15, -0.1) is 0 Å². The number of benzene rings is 1. The van der Waals surface area contributed by atoms with E-state index < -0.39 is 0 Å². The Kier molecular flexibility index (Phi) is 3.69. The zero-order valence-corrected chi connectivity index (χ0v) is 9.61. The van der Waals surface area contributed by atoms with E-state index in [1.54, 1.807) is 0 Å². The van der Waals surface area contributed by atoms with Crippen LogP contribution in [0.25, 0.3) is 0 Å². The summed E-state index contributed by atoms with van der Waals surface area (Å²) in [5.41, 5.74) is 6.43. The number of thiocarbonyl (C=S) groups is 1. The van der Waals surface area contributed by atoms with Crippen LogP contribution in [0, 0.1) is 6.92 Å². The van der Waals surface area contributed by atoms with E-state index in [0.29, 0.717) is 4.99 Å². The first-order valence-corrected chi connectivity index (χ1v) is 4.97. The van der Waals surface area contributed by atoms with E-state index in [1.807, 2.05) is 25.1 Å². The Morgan fingerprint density at radius 2 is 2.31 bits per heavy atom. The zero-order valence-electron chi connectivity index (χ0n) is 7.21. The molecule has 0 saturated heterocycles. The lowest BCUT2D eigenvalue weighted by Crippen LogP contribution is -2.17. The number of hydrogen-bond acceptors (Lipinski definition) is 2. The lowest BCUT2D eigenvalue weighted by molar-refractivity contribution is 0.377. The summed E-state index contributed by atoms with van der Waals surface area (Å²) in [5, 5.41) is 0. The Morgan fingerprint density at radius 1 is 1.62 bits per heavy atom. The van der Waals surface area contributed by atoms with Gasteiger partial charge < -0.3 is 10.5 Å². The Labute approximate surface area is 91.2 Å². The van der Waals surface area contributed by atoms with Gasteiger partial charge in [0, 0.05) is 4.47 Å². The molecular formula is C9H10BrNOS. The van der Waals surface area contributed by atoms with Crippen molar-refractivity contribution in [1.29, 1.82) is 0 Å². The van der Waals surface area contributed by atoms with Crippen molar-refractivity contribution in [2.24, 2.45) is 5.73 Å². The van der Waals surface area contributed by atoms with Crippen molar-refractivity contribution in [2.75, 3.05) is 6.61 Å². The van der Waals surface area contributed by atoms with E-state index in [1.165, 1.54) is 0 Å². The standard InChI is InChI=1S/C9H10BrNOS/c1-6-4-7(2-3-8(6)10)12-5-9(11)13/h2-4H,5H2,1H3,(H2,11,13). The first-order chi connectivity index (χ1) is 6.09. The molecule has 0 spiro atoms. The minimum atomic E-state index is 0.288. The molecule has 0 aromatic heterocycles. The highest BCUT2D eigenvalue weighted by atomic mass is 79.9. The van der Waals surface area contributed by atoms with Crippen molar-refractivity contribution in [1.82, 2.24) is 0 Å². The quantitative estimate of drug-likeness (QED) is 0.848. The predicted octanol–water partition coefficient (Wildman–Crippen LogP) is 2.42. The maximum Gasteiger partial charge on any atom is 0.138 e. The number of hydrogen-bond donors (Lipinski definition) is 1. The maximum absolute atomic E-state index is 5.32. The van der Waals surface area contributed by atoms with Gasteiger partial charge in [-0.2, -0.15) is 0 Å². The monoisotopic (exact) mass is 259 g/mol. The van der Waals surface area contributed by atoms with E-state index in [-0.39, 0.29) is 6.61 Å². The van der Waals surface area contributed by atoms with Gasteiger partial charge in [-0.1, -0.05) is 28.1 Å². The van der Waals surface area contributed by atoms with E-state index in [0.717, 1.165) is 15.8 Å². The molecule has 70 valence electrons. The molecule has 4 heteroatoms. The van der Waals surface area contributed by atoms with Crippen molar-refractivity contribution < 1.29 is 4.74 Å². The fraction of sp³-hybridized carbons (Fsp3) is 0.222. The summed E-state index contributed by atoms with van der Waals surface area (Å²) in [6.45, 7) is 2.29. The molecule has 13 heavy (non-hydrogen) atoms. The topological polar surface area (TPSA) is 35.2 Å². The molecule has 0 aliphatic rings. The highest BCUT2D eigenvalue weighted by Crippen LogP contribution is 2.21. The lowest BCUT2D eigenvalue weighted by Gasteiger charge is -2.06. The molecule has 2 N–H and O–H groups in total. The van der Waals surface area contributed by atoms with E-state index >= 15 is 0 Å². The van der Waals surface area contributed by atoms with Crippen LogP contribution in [0.5, 0.6) is 5.75 Å². The Hall–Kier alpha value is -0.610. The largest absolute Gasteiger partial charge is 0.486 e. The van der Waals surface area contributed by atoms with Gasteiger partial charge in [0.05, 0.1) is 0 Å². The number of halogens is 1. The summed E-state index contributed by atoms with van der Waals surface area (Å²) < 4.78 is 6.38. The molecule has 0 fully saturated rings. The van der Waals surface area contributed by atoms with Gasteiger partial charge in [0.25, 0.3) is 0 Å². The summed E-state index contributed by atoms with van der Waals surface area (Å²) >= 11 is 8.10. The van der Waals surface area contributed by atoms with Crippen LogP contribution in [0.3, 0.4) is 0 Å². The maximum atomic E-state index is 5.32. The summed E-state index contributed by atoms with van der Waals surface area (Å²) in [7, 11) is 0. The molecule has 2 nitrogen and oxygen atoms in total. The van der Waals surface area contributed by atoms with E-state index in [9.17, 15) is 0 Å². The third-order valence-corrected chi connectivity index (χ3v) is 2.52. The molecule has 0 unspecified atom stereocenters. The van der Waals surface area contributed by atoms with Gasteiger partial charge in [0.15, 0.2) is 0 Å². The lowest BCUT2D eigenvalue weighted by atomic mass is 10.2. The van der Waals surface area contributed by atoms with Gasteiger partial charge in [0.2, 0.25) is 0 Å². The minimum Gasteiger partial charge on any atom is -0.486 e. The fourth-order valence-corrected chi connectivity index (χ4v) is 1.17. The van der Waals surface area contributed by atoms with Gasteiger partial charge in [-0.25, -0.2) is 0 Å². The second-order valence-corrected chi connectivity index (χ2v) is 4.04. The van der Waals surface area contributed by atoms with Crippen molar-refractivity contribution in [3.63, 3.8) is 0 Å². The molecule has 1 aromatic carbocycles. The third kappa shape index (κ3) is 3.32. The third-order valence-electron chi connectivity index (χ3n) is 1.51. The number of aryl methyl sites for hydroxylation is 1. The van der Waals surface area contributed by atoms with Crippen LogP contribution in [0.15, 0.2) is 22.7 Å². The Balaban J connectivity index is 2.68. The highest BCUT2D eigenvalue weighted by Gasteiger charge is 1.98. The number of rotatable bonds is 3. The highest BCUT2D eigenvalue weighted by molar-refractivity contribution is 9.10. The molecule has 0 saturated carbocycles. The average Bonchev–Trinajstić information content (AvgIpc) is 2.07. The van der Waals surface area contributed by atoms with Crippen molar-refractivity contribution in [2.45, 2.75) is 6.92 Å². The SMILES string of the molecule is Cc1cc(OCC(N)=S)ccc1Br. The van der Waals surface area contributed by atoms with Crippen LogP contribution in [0.4, 0.5) is 0 Å². The van der Waals surface area contributed by atoms with Crippen LogP contribution < -0.4 is 10.5 Å². The van der Waals surface area contributed by atoms with Crippen LogP contribution in [0.1, 0.15) is 5.56 Å². The summed E-state index contributed by atoms with van der Waals surface area (Å²) in [6, 6.07) is 5.74. The molecule has 1 rings (SSSR count). The summed E-state index contributed by atoms with van der Waals surface area (Å²) in [5.74, 6) is 0.786. The minimum absolute atomic E-state index is 0.288. The van der Waals surface area contributed by atoms with E-state index in [4.69, 9.17) is 22.7 Å². The zero-order chi connectivity index (χ0) is 9.84. The average molecular weight is 260 g/mol. The van der Waals surface area contributed by atoms with Crippen molar-refractivity contribution in [3.05, 3.63) is 28.2 Å². The predicted molar refractivity (Wildman–Crippen MR) is 61.2 cm³/mol. The molecule has 0 radical (unpaired) electrons. The Morgan fingerprint density at radius 3 is 2.85 bits per heavy atom. The van der Waals surface area contributed by atoms with Crippen LogP contribution in [-0.2, 0) is 0 Å². The molecule has 0 aliphatic heterocycles. The van der Waals surface area contributed by atoms with Crippen LogP contribution >= 0.6 is 28.1 Å². The van der Waals surface area contributed by atoms with Gasteiger partial charge in [-0.05, 0) is 30.7 Å². The second kappa shape index (κ2) is 4.58.